The number of hydrogen-bond donors (Lipinski definition) is 0. The van der Waals surface area contributed by atoms with Crippen molar-refractivity contribution in [1.82, 2.24) is 9.29 Å². The summed E-state index contributed by atoms with van der Waals surface area (Å²) in [6, 6.07) is 12.6. The molecule has 0 N–H and O–H groups in total. The summed E-state index contributed by atoms with van der Waals surface area (Å²) >= 11 is 2.60. The van der Waals surface area contributed by atoms with Crippen LogP contribution in [0.15, 0.2) is 62.7 Å². The molecular weight excluding hydrogens is 506 g/mol. The van der Waals surface area contributed by atoms with Gasteiger partial charge in [-0.2, -0.15) is 4.31 Å². The summed E-state index contributed by atoms with van der Waals surface area (Å²) in [6.45, 7) is 3.18. The number of rotatable bonds is 8. The fourth-order valence-corrected chi connectivity index (χ4v) is 7.87. The number of furan rings is 1. The number of amides is 1. The quantitative estimate of drug-likeness (QED) is 0.318. The van der Waals surface area contributed by atoms with Crippen molar-refractivity contribution in [1.29, 1.82) is 0 Å². The molecule has 0 saturated carbocycles. The monoisotopic (exact) mass is 531 g/mol. The van der Waals surface area contributed by atoms with Gasteiger partial charge in [-0.05, 0) is 55.5 Å². The third-order valence-corrected chi connectivity index (χ3v) is 10.2. The zero-order valence-corrected chi connectivity index (χ0v) is 21.6. The molecular formula is C24H25N3O5S3. The Morgan fingerprint density at radius 2 is 2.14 bits per heavy atom. The number of piperidine rings is 1. The van der Waals surface area contributed by atoms with E-state index < -0.39 is 15.9 Å². The van der Waals surface area contributed by atoms with E-state index in [0.29, 0.717) is 52.4 Å². The van der Waals surface area contributed by atoms with E-state index in [1.54, 1.807) is 34.7 Å². The minimum Gasteiger partial charge on any atom is -0.492 e. The maximum absolute atomic E-state index is 13.9. The maximum atomic E-state index is 13.9. The molecule has 184 valence electrons. The lowest BCUT2D eigenvalue weighted by atomic mass is 9.98. The molecule has 11 heteroatoms. The molecule has 0 radical (unpaired) electrons. The highest BCUT2D eigenvalue weighted by Gasteiger charge is 2.37. The molecule has 1 saturated heterocycles. The maximum Gasteiger partial charge on any atom is 0.252 e. The third-order valence-electron chi connectivity index (χ3n) is 5.88. The average Bonchev–Trinajstić information content (AvgIpc) is 3.64. The summed E-state index contributed by atoms with van der Waals surface area (Å²) in [7, 11) is -3.62. The SMILES string of the molecule is CCOc1cccc2sc(N(Cc3ccco3)C(=O)C3CCCN(S(=O)(=O)c4cccs4)C3)nc12. The normalized spacial score (nSPS) is 17.0. The van der Waals surface area contributed by atoms with Crippen molar-refractivity contribution >= 4 is 54.0 Å². The van der Waals surface area contributed by atoms with E-state index in [-0.39, 0.29) is 19.0 Å². The fourth-order valence-electron chi connectivity index (χ4n) is 4.22. The van der Waals surface area contributed by atoms with Gasteiger partial charge in [0.2, 0.25) is 5.91 Å². The molecule has 1 atom stereocenters. The Balaban J connectivity index is 1.46. The number of benzene rings is 1. The number of thiazole rings is 1. The van der Waals surface area contributed by atoms with Gasteiger partial charge in [0, 0.05) is 13.1 Å². The molecule has 8 nitrogen and oxygen atoms in total. The molecule has 4 heterocycles. The van der Waals surface area contributed by atoms with Crippen LogP contribution in [0.5, 0.6) is 5.75 Å². The van der Waals surface area contributed by atoms with Gasteiger partial charge in [-0.1, -0.05) is 23.5 Å². The van der Waals surface area contributed by atoms with Gasteiger partial charge < -0.3 is 9.15 Å². The van der Waals surface area contributed by atoms with Gasteiger partial charge in [0.05, 0.1) is 30.0 Å². The molecule has 1 aliphatic rings. The van der Waals surface area contributed by atoms with E-state index in [0.717, 1.165) is 4.70 Å². The molecule has 1 aliphatic heterocycles. The van der Waals surface area contributed by atoms with Crippen LogP contribution >= 0.6 is 22.7 Å². The lowest BCUT2D eigenvalue weighted by molar-refractivity contribution is -0.123. The van der Waals surface area contributed by atoms with Crippen LogP contribution < -0.4 is 9.64 Å². The number of anilines is 1. The molecule has 0 aliphatic carbocycles. The first-order chi connectivity index (χ1) is 17.0. The Labute approximate surface area is 211 Å². The standard InChI is InChI=1S/C24H25N3O5S3/c1-2-31-19-9-3-10-20-22(19)25-24(34-20)27(16-18-8-5-13-32-18)23(28)17-7-4-12-26(15-17)35(29,30)21-11-6-14-33-21/h3,5-6,8-11,13-14,17H,2,4,7,12,15-16H2,1H3. The second-order valence-electron chi connectivity index (χ2n) is 8.17. The smallest absolute Gasteiger partial charge is 0.252 e. The number of sulfonamides is 1. The van der Waals surface area contributed by atoms with Crippen LogP contribution in [-0.2, 0) is 21.4 Å². The molecule has 0 spiro atoms. The Hall–Kier alpha value is -2.73. The van der Waals surface area contributed by atoms with Crippen molar-refractivity contribution in [3.63, 3.8) is 0 Å². The fraction of sp³-hybridized carbons (Fsp3) is 0.333. The molecule has 1 fully saturated rings. The second-order valence-corrected chi connectivity index (χ2v) is 12.3. The van der Waals surface area contributed by atoms with Crippen LogP contribution in [0.25, 0.3) is 10.2 Å². The van der Waals surface area contributed by atoms with Gasteiger partial charge >= 0.3 is 0 Å². The number of aromatic nitrogens is 1. The van der Waals surface area contributed by atoms with Crippen molar-refractivity contribution in [2.75, 3.05) is 24.6 Å². The molecule has 35 heavy (non-hydrogen) atoms. The Kier molecular flexibility index (Phi) is 6.92. The van der Waals surface area contributed by atoms with Gasteiger partial charge in [0.1, 0.15) is 21.2 Å². The molecule has 1 amide bonds. The topological polar surface area (TPSA) is 93.0 Å². The largest absolute Gasteiger partial charge is 0.492 e. The molecule has 1 aromatic carbocycles. The zero-order valence-electron chi connectivity index (χ0n) is 19.1. The number of fused-ring (bicyclic) bond motifs is 1. The van der Waals surface area contributed by atoms with E-state index in [4.69, 9.17) is 14.1 Å². The van der Waals surface area contributed by atoms with Crippen LogP contribution in [-0.4, -0.2) is 43.3 Å². The zero-order chi connectivity index (χ0) is 24.4. The summed E-state index contributed by atoms with van der Waals surface area (Å²) < 4.78 is 40.1. The van der Waals surface area contributed by atoms with Gasteiger partial charge in [-0.3, -0.25) is 9.69 Å². The Morgan fingerprint density at radius 3 is 2.89 bits per heavy atom. The molecule has 1 unspecified atom stereocenters. The van der Waals surface area contributed by atoms with Crippen LogP contribution in [0.3, 0.4) is 0 Å². The summed E-state index contributed by atoms with van der Waals surface area (Å²) in [5.74, 6) is 0.654. The Bertz CT molecular complexity index is 1400. The summed E-state index contributed by atoms with van der Waals surface area (Å²) in [4.78, 5) is 20.3. The van der Waals surface area contributed by atoms with E-state index in [9.17, 15) is 13.2 Å². The van der Waals surface area contributed by atoms with E-state index >= 15 is 0 Å². The van der Waals surface area contributed by atoms with Crippen LogP contribution in [0, 0.1) is 5.92 Å². The summed E-state index contributed by atoms with van der Waals surface area (Å²) in [5, 5.41) is 2.28. The Morgan fingerprint density at radius 1 is 1.26 bits per heavy atom. The minimum atomic E-state index is -3.62. The number of carbonyl (C=O) groups is 1. The number of nitrogens with zero attached hydrogens (tertiary/aromatic N) is 3. The lowest BCUT2D eigenvalue weighted by Crippen LogP contribution is -2.46. The highest BCUT2D eigenvalue weighted by molar-refractivity contribution is 7.91. The van der Waals surface area contributed by atoms with Gasteiger partial charge in [-0.25, -0.2) is 13.4 Å². The molecule has 0 bridgehead atoms. The molecule has 3 aromatic heterocycles. The highest BCUT2D eigenvalue weighted by atomic mass is 32.2. The van der Waals surface area contributed by atoms with Crippen LogP contribution in [0.1, 0.15) is 25.5 Å². The highest BCUT2D eigenvalue weighted by Crippen LogP contribution is 2.36. The third kappa shape index (κ3) is 4.86. The molecule has 5 rings (SSSR count). The van der Waals surface area contributed by atoms with Gasteiger partial charge in [0.25, 0.3) is 10.0 Å². The predicted octanol–water partition coefficient (Wildman–Crippen LogP) is 4.98. The lowest BCUT2D eigenvalue weighted by Gasteiger charge is -2.33. The van der Waals surface area contributed by atoms with E-state index in [1.165, 1.54) is 27.0 Å². The van der Waals surface area contributed by atoms with Crippen molar-refractivity contribution in [2.45, 2.75) is 30.5 Å². The average molecular weight is 532 g/mol. The predicted molar refractivity (Wildman–Crippen MR) is 136 cm³/mol. The van der Waals surface area contributed by atoms with E-state index in [2.05, 4.69) is 0 Å². The van der Waals surface area contributed by atoms with Crippen molar-refractivity contribution in [2.24, 2.45) is 5.92 Å². The van der Waals surface area contributed by atoms with Crippen LogP contribution in [0.4, 0.5) is 5.13 Å². The number of carbonyl (C=O) groups excluding carboxylic acids is 1. The minimum absolute atomic E-state index is 0.142. The van der Waals surface area contributed by atoms with Crippen LogP contribution in [0.2, 0.25) is 0 Å². The van der Waals surface area contributed by atoms with Gasteiger partial charge in [-0.15, -0.1) is 11.3 Å². The first-order valence-electron chi connectivity index (χ1n) is 11.4. The molecule has 4 aromatic rings. The number of thiophene rings is 1. The number of ether oxygens (including phenoxy) is 1. The van der Waals surface area contributed by atoms with E-state index in [1.807, 2.05) is 31.2 Å². The summed E-state index contributed by atoms with van der Waals surface area (Å²) in [5.41, 5.74) is 0.706. The summed E-state index contributed by atoms with van der Waals surface area (Å²) in [6.07, 6.45) is 2.79. The van der Waals surface area contributed by atoms with Crippen molar-refractivity contribution in [3.8, 4) is 5.75 Å². The van der Waals surface area contributed by atoms with Crippen molar-refractivity contribution < 1.29 is 22.4 Å². The first kappa shape index (κ1) is 24.0. The number of hydrogen-bond acceptors (Lipinski definition) is 8. The second kappa shape index (κ2) is 10.1. The first-order valence-corrected chi connectivity index (χ1v) is 14.5. The number of para-hydroxylation sites is 1. The van der Waals surface area contributed by atoms with Gasteiger partial charge in [0.15, 0.2) is 5.13 Å². The van der Waals surface area contributed by atoms with Crippen molar-refractivity contribution in [3.05, 3.63) is 59.9 Å².